The van der Waals surface area contributed by atoms with Gasteiger partial charge in [0.25, 0.3) is 0 Å². The Hall–Kier alpha value is -1.91. The fraction of sp³-hybridized carbons (Fsp3) is 0.500. The molecular formula is C14H21N5. The molecule has 0 spiro atoms. The van der Waals surface area contributed by atoms with Crippen LogP contribution in [0.2, 0.25) is 0 Å². The molecule has 102 valence electrons. The maximum Gasteiger partial charge on any atom is 0.161 e. The summed E-state index contributed by atoms with van der Waals surface area (Å²) >= 11 is 0. The lowest BCUT2D eigenvalue weighted by atomic mass is 10.1. The number of nitrogens with one attached hydrogen (secondary N) is 1. The van der Waals surface area contributed by atoms with Gasteiger partial charge in [-0.25, -0.2) is 14.6 Å². The fourth-order valence-corrected chi connectivity index (χ4v) is 2.01. The maximum absolute atomic E-state index is 4.44. The third-order valence-electron chi connectivity index (χ3n) is 2.90. The molecule has 0 aliphatic heterocycles. The number of aromatic nitrogens is 4. The van der Waals surface area contributed by atoms with Crippen LogP contribution in [0.5, 0.6) is 0 Å². The van der Waals surface area contributed by atoms with Crippen LogP contribution in [-0.4, -0.2) is 26.3 Å². The van der Waals surface area contributed by atoms with Crippen LogP contribution in [0.3, 0.4) is 0 Å². The second kappa shape index (κ2) is 6.31. The predicted molar refractivity (Wildman–Crippen MR) is 76.7 cm³/mol. The van der Waals surface area contributed by atoms with E-state index in [1.165, 1.54) is 0 Å². The smallest absolute Gasteiger partial charge is 0.161 e. The van der Waals surface area contributed by atoms with Crippen LogP contribution in [0.4, 0.5) is 5.82 Å². The molecule has 0 saturated carbocycles. The van der Waals surface area contributed by atoms with Gasteiger partial charge in [0.05, 0.1) is 5.69 Å². The van der Waals surface area contributed by atoms with Crippen molar-refractivity contribution < 1.29 is 0 Å². The number of nitrogens with zero attached hydrogens (tertiary/aromatic N) is 4. The first kappa shape index (κ1) is 13.5. The van der Waals surface area contributed by atoms with Gasteiger partial charge in [-0.3, -0.25) is 0 Å². The van der Waals surface area contributed by atoms with Crippen LogP contribution < -0.4 is 5.32 Å². The van der Waals surface area contributed by atoms with Gasteiger partial charge in [0.1, 0.15) is 12.1 Å². The van der Waals surface area contributed by atoms with E-state index in [-0.39, 0.29) is 0 Å². The summed E-state index contributed by atoms with van der Waals surface area (Å²) in [7, 11) is 0. The zero-order valence-electron chi connectivity index (χ0n) is 11.8. The summed E-state index contributed by atoms with van der Waals surface area (Å²) in [6.45, 7) is 7.21. The third kappa shape index (κ3) is 3.10. The van der Waals surface area contributed by atoms with Crippen molar-refractivity contribution in [3.8, 4) is 5.82 Å². The lowest BCUT2D eigenvalue weighted by Gasteiger charge is -2.13. The minimum atomic E-state index is 0.878. The lowest BCUT2D eigenvalue weighted by molar-refractivity contribution is 0.789. The van der Waals surface area contributed by atoms with Crippen LogP contribution in [0.1, 0.15) is 37.9 Å². The van der Waals surface area contributed by atoms with E-state index in [0.29, 0.717) is 0 Å². The van der Waals surface area contributed by atoms with Crippen molar-refractivity contribution in [2.75, 3.05) is 11.9 Å². The average Bonchev–Trinajstić information content (AvgIpc) is 2.84. The summed E-state index contributed by atoms with van der Waals surface area (Å²) in [6.07, 6.45) is 6.62. The number of hydrogen-bond acceptors (Lipinski definition) is 4. The van der Waals surface area contributed by atoms with Crippen molar-refractivity contribution in [1.29, 1.82) is 0 Å². The van der Waals surface area contributed by atoms with Gasteiger partial charge in [0.2, 0.25) is 0 Å². The van der Waals surface area contributed by atoms with Gasteiger partial charge in [-0.05, 0) is 25.8 Å². The van der Waals surface area contributed by atoms with Gasteiger partial charge in [-0.2, -0.15) is 5.10 Å². The Morgan fingerprint density at radius 2 is 2.05 bits per heavy atom. The number of hydrogen-bond donors (Lipinski definition) is 1. The quantitative estimate of drug-likeness (QED) is 0.866. The van der Waals surface area contributed by atoms with E-state index in [9.17, 15) is 0 Å². The zero-order chi connectivity index (χ0) is 13.7. The number of rotatable bonds is 6. The molecule has 19 heavy (non-hydrogen) atoms. The molecule has 0 radical (unpaired) electrons. The highest BCUT2D eigenvalue weighted by Crippen LogP contribution is 2.20. The highest BCUT2D eigenvalue weighted by Gasteiger charge is 2.12. The Kier molecular flexibility index (Phi) is 4.49. The molecule has 2 heterocycles. The molecule has 2 aromatic rings. The van der Waals surface area contributed by atoms with Crippen LogP contribution in [-0.2, 0) is 6.42 Å². The van der Waals surface area contributed by atoms with Crippen LogP contribution in [0.25, 0.3) is 5.82 Å². The van der Waals surface area contributed by atoms with Crippen LogP contribution in [0, 0.1) is 6.92 Å². The highest BCUT2D eigenvalue weighted by molar-refractivity contribution is 5.51. The zero-order valence-corrected chi connectivity index (χ0v) is 11.8. The summed E-state index contributed by atoms with van der Waals surface area (Å²) < 4.78 is 1.83. The van der Waals surface area contributed by atoms with E-state index >= 15 is 0 Å². The fourth-order valence-electron chi connectivity index (χ4n) is 2.01. The monoisotopic (exact) mass is 259 g/mol. The molecule has 0 amide bonds. The topological polar surface area (TPSA) is 55.6 Å². The van der Waals surface area contributed by atoms with Gasteiger partial charge >= 0.3 is 0 Å². The molecule has 0 aliphatic rings. The summed E-state index contributed by atoms with van der Waals surface area (Å²) in [6, 6.07) is 1.98. The first-order chi connectivity index (χ1) is 9.26. The van der Waals surface area contributed by atoms with Crippen molar-refractivity contribution in [3.05, 3.63) is 29.8 Å². The first-order valence-electron chi connectivity index (χ1n) is 6.86. The van der Waals surface area contributed by atoms with E-state index in [1.807, 2.05) is 23.9 Å². The summed E-state index contributed by atoms with van der Waals surface area (Å²) in [5, 5.41) is 7.82. The molecule has 0 atom stereocenters. The van der Waals surface area contributed by atoms with Gasteiger partial charge in [-0.15, -0.1) is 0 Å². The minimum absolute atomic E-state index is 0.878. The van der Waals surface area contributed by atoms with Crippen LogP contribution in [0.15, 0.2) is 18.6 Å². The largest absolute Gasteiger partial charge is 0.370 e. The molecule has 1 N–H and O–H groups in total. The molecule has 2 rings (SSSR count). The van der Waals surface area contributed by atoms with Crippen molar-refractivity contribution in [2.45, 2.75) is 40.0 Å². The summed E-state index contributed by atoms with van der Waals surface area (Å²) in [5.74, 6) is 1.81. The van der Waals surface area contributed by atoms with E-state index in [1.54, 1.807) is 6.33 Å². The highest BCUT2D eigenvalue weighted by atomic mass is 15.3. The third-order valence-corrected chi connectivity index (χ3v) is 2.90. The summed E-state index contributed by atoms with van der Waals surface area (Å²) in [4.78, 5) is 8.76. The van der Waals surface area contributed by atoms with Crippen molar-refractivity contribution >= 4 is 5.82 Å². The van der Waals surface area contributed by atoms with Gasteiger partial charge in [0, 0.05) is 18.3 Å². The molecule has 0 unspecified atom stereocenters. The standard InChI is InChI=1S/C14H21N5/c1-4-6-12-13(15-8-5-2)16-10-17-14(12)19-9-7-11(3)18-19/h7,9-10H,4-6,8H2,1-3H3,(H,15,16,17). The van der Waals surface area contributed by atoms with E-state index < -0.39 is 0 Å². The van der Waals surface area contributed by atoms with E-state index in [0.717, 1.165) is 48.7 Å². The van der Waals surface area contributed by atoms with Gasteiger partial charge in [-0.1, -0.05) is 20.3 Å². The molecule has 0 aliphatic carbocycles. The molecule has 0 saturated heterocycles. The maximum atomic E-state index is 4.44. The molecule has 0 fully saturated rings. The second-order valence-corrected chi connectivity index (χ2v) is 4.60. The molecule has 0 aromatic carbocycles. The van der Waals surface area contributed by atoms with Crippen molar-refractivity contribution in [3.63, 3.8) is 0 Å². The Balaban J connectivity index is 2.41. The molecule has 5 heteroatoms. The molecule has 5 nitrogen and oxygen atoms in total. The van der Waals surface area contributed by atoms with Crippen molar-refractivity contribution in [1.82, 2.24) is 19.7 Å². The second-order valence-electron chi connectivity index (χ2n) is 4.60. The number of aryl methyl sites for hydroxylation is 1. The normalized spacial score (nSPS) is 10.7. The SMILES string of the molecule is CCCNc1ncnc(-n2ccc(C)n2)c1CCC. The lowest BCUT2D eigenvalue weighted by Crippen LogP contribution is -2.11. The molecule has 2 aromatic heterocycles. The first-order valence-corrected chi connectivity index (χ1v) is 6.86. The Morgan fingerprint density at radius 3 is 2.68 bits per heavy atom. The van der Waals surface area contributed by atoms with E-state index in [2.05, 4.69) is 34.2 Å². The average molecular weight is 259 g/mol. The molecular weight excluding hydrogens is 238 g/mol. The Bertz CT molecular complexity index is 532. The Morgan fingerprint density at radius 1 is 1.21 bits per heavy atom. The predicted octanol–water partition coefficient (Wildman–Crippen LogP) is 2.75. The van der Waals surface area contributed by atoms with Gasteiger partial charge in [0.15, 0.2) is 5.82 Å². The van der Waals surface area contributed by atoms with Crippen molar-refractivity contribution in [2.24, 2.45) is 0 Å². The van der Waals surface area contributed by atoms with E-state index in [4.69, 9.17) is 0 Å². The van der Waals surface area contributed by atoms with Gasteiger partial charge < -0.3 is 5.32 Å². The minimum Gasteiger partial charge on any atom is -0.370 e. The van der Waals surface area contributed by atoms with Crippen LogP contribution >= 0.6 is 0 Å². The summed E-state index contributed by atoms with van der Waals surface area (Å²) in [5.41, 5.74) is 2.13. The Labute approximate surface area is 114 Å². The molecule has 0 bridgehead atoms. The number of anilines is 1.